The fourth-order valence-electron chi connectivity index (χ4n) is 2.91. The van der Waals surface area contributed by atoms with Crippen molar-refractivity contribution < 1.29 is 0 Å². The van der Waals surface area contributed by atoms with Gasteiger partial charge in [0, 0.05) is 19.6 Å². The van der Waals surface area contributed by atoms with Gasteiger partial charge in [0.2, 0.25) is 0 Å². The highest BCUT2D eigenvalue weighted by molar-refractivity contribution is 5.81. The molecule has 3 rings (SSSR count). The van der Waals surface area contributed by atoms with Crippen molar-refractivity contribution in [3.63, 3.8) is 0 Å². The number of hydrogen-bond acceptors (Lipinski definition) is 3. The molecule has 1 heterocycles. The van der Waals surface area contributed by atoms with Crippen molar-refractivity contribution in [2.24, 2.45) is 0 Å². The molecule has 1 aliphatic rings. The highest BCUT2D eigenvalue weighted by Gasteiger charge is 2.14. The van der Waals surface area contributed by atoms with Crippen LogP contribution in [0, 0.1) is 0 Å². The van der Waals surface area contributed by atoms with E-state index in [1.165, 1.54) is 30.5 Å². The van der Waals surface area contributed by atoms with E-state index in [-0.39, 0.29) is 0 Å². The highest BCUT2D eigenvalue weighted by Crippen LogP contribution is 2.32. The second kappa shape index (κ2) is 6.53. The normalized spacial score (nSPS) is 15.0. The Morgan fingerprint density at radius 2 is 1.67 bits per heavy atom. The van der Waals surface area contributed by atoms with Gasteiger partial charge in [0.1, 0.15) is 0 Å². The minimum absolute atomic E-state index is 0.800. The van der Waals surface area contributed by atoms with Crippen LogP contribution in [0.25, 0.3) is 0 Å². The van der Waals surface area contributed by atoms with Crippen molar-refractivity contribution in [3.05, 3.63) is 54.1 Å². The van der Waals surface area contributed by atoms with Crippen LogP contribution in [-0.2, 0) is 6.54 Å². The molecule has 21 heavy (non-hydrogen) atoms. The van der Waals surface area contributed by atoms with Gasteiger partial charge < -0.3 is 16.0 Å². The molecule has 0 aromatic heterocycles. The third-order valence-corrected chi connectivity index (χ3v) is 4.11. The van der Waals surface area contributed by atoms with Crippen LogP contribution in [-0.4, -0.2) is 13.1 Å². The number of nitrogens with one attached hydrogen (secondary N) is 1. The number of nitrogens with two attached hydrogens (primary N) is 1. The van der Waals surface area contributed by atoms with Crippen LogP contribution in [0.4, 0.5) is 17.1 Å². The molecule has 0 amide bonds. The fourth-order valence-corrected chi connectivity index (χ4v) is 2.91. The molecule has 1 saturated heterocycles. The van der Waals surface area contributed by atoms with Crippen molar-refractivity contribution in [1.29, 1.82) is 0 Å². The van der Waals surface area contributed by atoms with E-state index < -0.39 is 0 Å². The van der Waals surface area contributed by atoms with Gasteiger partial charge in [0.05, 0.1) is 17.1 Å². The van der Waals surface area contributed by atoms with Gasteiger partial charge in [-0.1, -0.05) is 36.4 Å². The lowest BCUT2D eigenvalue weighted by molar-refractivity contribution is 0.578. The number of nitrogens with zero attached hydrogens (tertiary/aromatic N) is 1. The summed E-state index contributed by atoms with van der Waals surface area (Å²) in [6.07, 6.45) is 3.87. The number of rotatable bonds is 4. The minimum atomic E-state index is 0.800. The number of benzene rings is 2. The summed E-state index contributed by atoms with van der Waals surface area (Å²) in [4.78, 5) is 2.41. The Morgan fingerprint density at radius 1 is 0.905 bits per heavy atom. The van der Waals surface area contributed by atoms with E-state index in [0.29, 0.717) is 0 Å². The maximum absolute atomic E-state index is 6.37. The quantitative estimate of drug-likeness (QED) is 0.836. The second-order valence-corrected chi connectivity index (χ2v) is 5.63. The molecule has 0 aliphatic carbocycles. The standard InChI is InChI=1S/C18H23N3/c19-18-16(20-14-15-8-3-1-4-9-15)10-7-11-17(18)21-12-5-2-6-13-21/h1,3-4,7-11,20H,2,5-6,12-14,19H2. The maximum atomic E-state index is 6.37. The first-order valence-electron chi connectivity index (χ1n) is 7.76. The molecule has 2 aromatic carbocycles. The molecule has 0 radical (unpaired) electrons. The molecule has 0 bridgehead atoms. The van der Waals surface area contributed by atoms with Crippen LogP contribution in [0.2, 0.25) is 0 Å². The Bertz CT molecular complexity index is 574. The number of hydrogen-bond donors (Lipinski definition) is 2. The summed E-state index contributed by atoms with van der Waals surface area (Å²) in [5.41, 5.74) is 10.7. The van der Waals surface area contributed by atoms with E-state index in [2.05, 4.69) is 52.7 Å². The summed E-state index contributed by atoms with van der Waals surface area (Å²) >= 11 is 0. The number of anilines is 3. The summed E-state index contributed by atoms with van der Waals surface area (Å²) in [6, 6.07) is 16.7. The molecule has 0 saturated carbocycles. The van der Waals surface area contributed by atoms with E-state index >= 15 is 0 Å². The maximum Gasteiger partial charge on any atom is 0.0787 e. The smallest absolute Gasteiger partial charge is 0.0787 e. The predicted molar refractivity (Wildman–Crippen MR) is 90.7 cm³/mol. The summed E-state index contributed by atoms with van der Waals surface area (Å²) in [6.45, 7) is 3.03. The molecule has 110 valence electrons. The lowest BCUT2D eigenvalue weighted by Gasteiger charge is -2.30. The molecular weight excluding hydrogens is 258 g/mol. The third kappa shape index (κ3) is 3.30. The lowest BCUT2D eigenvalue weighted by atomic mass is 10.1. The number of para-hydroxylation sites is 1. The van der Waals surface area contributed by atoms with E-state index in [4.69, 9.17) is 5.73 Å². The topological polar surface area (TPSA) is 41.3 Å². The zero-order valence-corrected chi connectivity index (χ0v) is 12.4. The Labute approximate surface area is 126 Å². The minimum Gasteiger partial charge on any atom is -0.395 e. The van der Waals surface area contributed by atoms with Gasteiger partial charge in [-0.2, -0.15) is 0 Å². The summed E-state index contributed by atoms with van der Waals surface area (Å²) in [5.74, 6) is 0. The van der Waals surface area contributed by atoms with Crippen LogP contribution in [0.1, 0.15) is 24.8 Å². The van der Waals surface area contributed by atoms with Crippen LogP contribution < -0.4 is 16.0 Å². The Morgan fingerprint density at radius 3 is 2.43 bits per heavy atom. The van der Waals surface area contributed by atoms with Crippen molar-refractivity contribution >= 4 is 17.1 Å². The second-order valence-electron chi connectivity index (χ2n) is 5.63. The van der Waals surface area contributed by atoms with Gasteiger partial charge in [0.25, 0.3) is 0 Å². The van der Waals surface area contributed by atoms with Crippen LogP contribution >= 0.6 is 0 Å². The number of nitrogen functional groups attached to an aromatic ring is 1. The molecule has 2 aromatic rings. The van der Waals surface area contributed by atoms with Crippen LogP contribution in [0.15, 0.2) is 48.5 Å². The first-order valence-corrected chi connectivity index (χ1v) is 7.76. The van der Waals surface area contributed by atoms with Gasteiger partial charge in [-0.15, -0.1) is 0 Å². The predicted octanol–water partition coefficient (Wildman–Crippen LogP) is 3.87. The molecule has 0 unspecified atom stereocenters. The largest absolute Gasteiger partial charge is 0.395 e. The SMILES string of the molecule is Nc1c(NCc2ccccc2)cccc1N1CCCCC1. The van der Waals surface area contributed by atoms with Crippen LogP contribution in [0.5, 0.6) is 0 Å². The van der Waals surface area contributed by atoms with Gasteiger partial charge in [0.15, 0.2) is 0 Å². The molecule has 3 N–H and O–H groups in total. The van der Waals surface area contributed by atoms with Gasteiger partial charge in [-0.05, 0) is 37.0 Å². The Hall–Kier alpha value is -2.16. The van der Waals surface area contributed by atoms with E-state index in [1.807, 2.05) is 6.07 Å². The summed E-state index contributed by atoms with van der Waals surface area (Å²) in [7, 11) is 0. The van der Waals surface area contributed by atoms with Crippen molar-refractivity contribution in [2.75, 3.05) is 29.0 Å². The third-order valence-electron chi connectivity index (χ3n) is 4.11. The Kier molecular flexibility index (Phi) is 4.29. The van der Waals surface area contributed by atoms with E-state index in [0.717, 1.165) is 31.0 Å². The van der Waals surface area contributed by atoms with Gasteiger partial charge >= 0.3 is 0 Å². The molecule has 1 fully saturated rings. The highest BCUT2D eigenvalue weighted by atomic mass is 15.1. The zero-order valence-electron chi connectivity index (χ0n) is 12.4. The number of piperidine rings is 1. The molecule has 3 nitrogen and oxygen atoms in total. The summed E-state index contributed by atoms with van der Waals surface area (Å²) in [5, 5.41) is 3.46. The van der Waals surface area contributed by atoms with Gasteiger partial charge in [-0.3, -0.25) is 0 Å². The zero-order chi connectivity index (χ0) is 14.5. The first kappa shape index (κ1) is 13.8. The molecular formula is C18H23N3. The molecule has 0 spiro atoms. The average molecular weight is 281 g/mol. The first-order chi connectivity index (χ1) is 10.3. The van der Waals surface area contributed by atoms with Crippen molar-refractivity contribution in [1.82, 2.24) is 0 Å². The van der Waals surface area contributed by atoms with Crippen molar-refractivity contribution in [2.45, 2.75) is 25.8 Å². The molecule has 3 heteroatoms. The Balaban J connectivity index is 1.73. The van der Waals surface area contributed by atoms with Crippen molar-refractivity contribution in [3.8, 4) is 0 Å². The summed E-state index contributed by atoms with van der Waals surface area (Å²) < 4.78 is 0. The molecule has 1 aliphatic heterocycles. The monoisotopic (exact) mass is 281 g/mol. The lowest BCUT2D eigenvalue weighted by Crippen LogP contribution is -2.30. The van der Waals surface area contributed by atoms with Gasteiger partial charge in [-0.25, -0.2) is 0 Å². The fraction of sp³-hybridized carbons (Fsp3) is 0.333. The average Bonchev–Trinajstić information content (AvgIpc) is 2.56. The van der Waals surface area contributed by atoms with Crippen LogP contribution in [0.3, 0.4) is 0 Å². The van der Waals surface area contributed by atoms with E-state index in [9.17, 15) is 0 Å². The molecule has 0 atom stereocenters. The van der Waals surface area contributed by atoms with E-state index in [1.54, 1.807) is 0 Å².